The van der Waals surface area contributed by atoms with Crippen molar-refractivity contribution in [3.63, 3.8) is 0 Å². The van der Waals surface area contributed by atoms with Crippen LogP contribution in [0.5, 0.6) is 0 Å². The molecule has 0 spiro atoms. The van der Waals surface area contributed by atoms with Crippen LogP contribution in [0.25, 0.3) is 10.6 Å². The summed E-state index contributed by atoms with van der Waals surface area (Å²) in [5, 5.41) is 6.38. The minimum absolute atomic E-state index is 0.193. The average molecular weight is 336 g/mol. The van der Waals surface area contributed by atoms with Gasteiger partial charge in [-0.25, -0.2) is 9.97 Å². The van der Waals surface area contributed by atoms with Gasteiger partial charge in [-0.15, -0.1) is 23.1 Å². The SMILES string of the molecule is CSc1ccc(-c2nc(NC(=O)[C@@H](N)CC(C)C)cs2)cn1. The summed E-state index contributed by atoms with van der Waals surface area (Å²) >= 11 is 3.07. The first kappa shape index (κ1) is 16.9. The van der Waals surface area contributed by atoms with Gasteiger partial charge in [0.2, 0.25) is 5.91 Å². The second-order valence-corrected chi connectivity index (χ2v) is 7.04. The highest BCUT2D eigenvalue weighted by molar-refractivity contribution is 7.98. The van der Waals surface area contributed by atoms with Crippen molar-refractivity contribution in [3.8, 4) is 10.6 Å². The smallest absolute Gasteiger partial charge is 0.242 e. The van der Waals surface area contributed by atoms with Crippen molar-refractivity contribution in [2.24, 2.45) is 11.7 Å². The van der Waals surface area contributed by atoms with Crippen LogP contribution in [-0.2, 0) is 4.79 Å². The average Bonchev–Trinajstić information content (AvgIpc) is 2.95. The van der Waals surface area contributed by atoms with Crippen molar-refractivity contribution in [1.82, 2.24) is 9.97 Å². The number of nitrogens with one attached hydrogen (secondary N) is 1. The molecule has 0 saturated carbocycles. The van der Waals surface area contributed by atoms with Crippen LogP contribution in [-0.4, -0.2) is 28.2 Å². The number of amides is 1. The van der Waals surface area contributed by atoms with E-state index in [-0.39, 0.29) is 5.91 Å². The van der Waals surface area contributed by atoms with E-state index in [9.17, 15) is 4.79 Å². The number of rotatable bonds is 6. The van der Waals surface area contributed by atoms with Gasteiger partial charge in [0.1, 0.15) is 10.8 Å². The molecule has 2 rings (SSSR count). The number of pyridine rings is 1. The second kappa shape index (κ2) is 7.71. The van der Waals surface area contributed by atoms with Crippen LogP contribution in [0.4, 0.5) is 5.82 Å². The lowest BCUT2D eigenvalue weighted by Gasteiger charge is -2.12. The first-order valence-electron chi connectivity index (χ1n) is 7.02. The Labute approximate surface area is 138 Å². The third-order valence-corrected chi connectivity index (χ3v) is 4.56. The third-order valence-electron chi connectivity index (χ3n) is 3.01. The molecule has 7 heteroatoms. The normalized spacial score (nSPS) is 12.4. The predicted octanol–water partition coefficient (Wildman–Crippen LogP) is 3.24. The van der Waals surface area contributed by atoms with Crippen molar-refractivity contribution in [2.45, 2.75) is 31.3 Å². The van der Waals surface area contributed by atoms with Gasteiger partial charge in [0.25, 0.3) is 0 Å². The minimum Gasteiger partial charge on any atom is -0.320 e. The maximum absolute atomic E-state index is 12.0. The highest BCUT2D eigenvalue weighted by Crippen LogP contribution is 2.26. The first-order chi connectivity index (χ1) is 10.5. The molecule has 0 aliphatic rings. The standard InChI is InChI=1S/C15H20N4OS2/c1-9(2)6-11(16)14(20)18-12-8-22-15(19-12)10-4-5-13(21-3)17-7-10/h4-5,7-9,11H,6,16H2,1-3H3,(H,18,20)/t11-/m0/s1. The van der Waals surface area contributed by atoms with Crippen LogP contribution >= 0.6 is 23.1 Å². The highest BCUT2D eigenvalue weighted by atomic mass is 32.2. The maximum atomic E-state index is 12.0. The summed E-state index contributed by atoms with van der Waals surface area (Å²) in [5.41, 5.74) is 6.81. The Hall–Kier alpha value is -1.44. The molecule has 0 aromatic carbocycles. The Morgan fingerprint density at radius 1 is 1.45 bits per heavy atom. The quantitative estimate of drug-likeness (QED) is 0.792. The number of nitrogens with zero attached hydrogens (tertiary/aromatic N) is 2. The largest absolute Gasteiger partial charge is 0.320 e. The first-order valence-corrected chi connectivity index (χ1v) is 9.12. The lowest BCUT2D eigenvalue weighted by atomic mass is 10.0. The van der Waals surface area contributed by atoms with Crippen LogP contribution < -0.4 is 11.1 Å². The predicted molar refractivity (Wildman–Crippen MR) is 93.2 cm³/mol. The van der Waals surface area contributed by atoms with Crippen molar-refractivity contribution in [2.75, 3.05) is 11.6 Å². The number of carbonyl (C=O) groups excluding carboxylic acids is 1. The molecule has 0 saturated heterocycles. The van der Waals surface area contributed by atoms with Crippen molar-refractivity contribution in [1.29, 1.82) is 0 Å². The summed E-state index contributed by atoms with van der Waals surface area (Å²) in [6.07, 6.45) is 4.43. The van der Waals surface area contributed by atoms with E-state index in [1.54, 1.807) is 18.0 Å². The summed E-state index contributed by atoms with van der Waals surface area (Å²) in [5.74, 6) is 0.729. The molecule has 2 aromatic heterocycles. The summed E-state index contributed by atoms with van der Waals surface area (Å²) in [4.78, 5) is 20.7. The van der Waals surface area contributed by atoms with E-state index >= 15 is 0 Å². The topological polar surface area (TPSA) is 80.9 Å². The molecule has 2 heterocycles. The van der Waals surface area contributed by atoms with Gasteiger partial charge in [0.05, 0.1) is 11.1 Å². The molecule has 3 N–H and O–H groups in total. The minimum atomic E-state index is -0.507. The van der Waals surface area contributed by atoms with Gasteiger partial charge in [-0.3, -0.25) is 4.79 Å². The van der Waals surface area contributed by atoms with Crippen molar-refractivity contribution in [3.05, 3.63) is 23.7 Å². The molecule has 0 bridgehead atoms. The van der Waals surface area contributed by atoms with Crippen LogP contribution in [0.2, 0.25) is 0 Å². The molecule has 5 nitrogen and oxygen atoms in total. The number of hydrogen-bond acceptors (Lipinski definition) is 6. The summed E-state index contributed by atoms with van der Waals surface area (Å²) in [7, 11) is 0. The second-order valence-electron chi connectivity index (χ2n) is 5.35. The van der Waals surface area contributed by atoms with Gasteiger partial charge in [-0.1, -0.05) is 13.8 Å². The molecule has 0 aliphatic carbocycles. The maximum Gasteiger partial charge on any atom is 0.242 e. The van der Waals surface area contributed by atoms with E-state index in [0.29, 0.717) is 18.2 Å². The molecule has 1 amide bonds. The number of nitrogens with two attached hydrogens (primary N) is 1. The van der Waals surface area contributed by atoms with Gasteiger partial charge in [0.15, 0.2) is 0 Å². The fourth-order valence-corrected chi connectivity index (χ4v) is 3.03. The van der Waals surface area contributed by atoms with E-state index in [0.717, 1.165) is 15.6 Å². The molecule has 0 unspecified atom stereocenters. The molecule has 0 aliphatic heterocycles. The lowest BCUT2D eigenvalue weighted by Crippen LogP contribution is -2.36. The van der Waals surface area contributed by atoms with Gasteiger partial charge < -0.3 is 11.1 Å². The Kier molecular flexibility index (Phi) is 5.93. The number of thiazole rings is 1. The molecule has 22 heavy (non-hydrogen) atoms. The molecular weight excluding hydrogens is 316 g/mol. The molecular formula is C15H20N4OS2. The van der Waals surface area contributed by atoms with Crippen LogP contribution in [0.3, 0.4) is 0 Å². The molecule has 1 atom stereocenters. The van der Waals surface area contributed by atoms with Crippen LogP contribution in [0.15, 0.2) is 28.7 Å². The molecule has 0 radical (unpaired) electrons. The number of carbonyl (C=O) groups is 1. The number of aromatic nitrogens is 2. The van der Waals surface area contributed by atoms with E-state index in [2.05, 4.69) is 15.3 Å². The lowest BCUT2D eigenvalue weighted by molar-refractivity contribution is -0.117. The summed E-state index contributed by atoms with van der Waals surface area (Å²) in [6, 6.07) is 3.43. The summed E-state index contributed by atoms with van der Waals surface area (Å²) < 4.78 is 0. The van der Waals surface area contributed by atoms with E-state index in [4.69, 9.17) is 5.73 Å². The number of hydrogen-bond donors (Lipinski definition) is 2. The van der Waals surface area contributed by atoms with E-state index < -0.39 is 6.04 Å². The van der Waals surface area contributed by atoms with Crippen molar-refractivity contribution < 1.29 is 4.79 Å². The Bertz CT molecular complexity index is 625. The van der Waals surface area contributed by atoms with Gasteiger partial charge in [0, 0.05) is 17.1 Å². The highest BCUT2D eigenvalue weighted by Gasteiger charge is 2.16. The van der Waals surface area contributed by atoms with Gasteiger partial charge >= 0.3 is 0 Å². The Balaban J connectivity index is 2.03. The number of thioether (sulfide) groups is 1. The van der Waals surface area contributed by atoms with E-state index in [1.807, 2.05) is 37.6 Å². The molecule has 2 aromatic rings. The van der Waals surface area contributed by atoms with Gasteiger partial charge in [-0.05, 0) is 30.7 Å². The number of anilines is 1. The van der Waals surface area contributed by atoms with Crippen LogP contribution in [0, 0.1) is 5.92 Å². The zero-order valence-electron chi connectivity index (χ0n) is 12.9. The Morgan fingerprint density at radius 3 is 2.82 bits per heavy atom. The zero-order valence-corrected chi connectivity index (χ0v) is 14.5. The molecule has 118 valence electrons. The van der Waals surface area contributed by atoms with Gasteiger partial charge in [-0.2, -0.15) is 0 Å². The zero-order chi connectivity index (χ0) is 16.1. The molecule has 0 fully saturated rings. The van der Waals surface area contributed by atoms with E-state index in [1.165, 1.54) is 11.3 Å². The monoisotopic (exact) mass is 336 g/mol. The Morgan fingerprint density at radius 2 is 2.23 bits per heavy atom. The third kappa shape index (κ3) is 4.53. The fourth-order valence-electron chi connectivity index (χ4n) is 1.93. The van der Waals surface area contributed by atoms with Crippen molar-refractivity contribution >= 4 is 34.8 Å². The fraction of sp³-hybridized carbons (Fsp3) is 0.400. The summed E-state index contributed by atoms with van der Waals surface area (Å²) in [6.45, 7) is 4.08. The van der Waals surface area contributed by atoms with Crippen LogP contribution in [0.1, 0.15) is 20.3 Å².